The molecule has 0 N–H and O–H groups in total. The Morgan fingerprint density at radius 1 is 0.625 bits per heavy atom. The van der Waals surface area contributed by atoms with Crippen molar-refractivity contribution in [2.45, 2.75) is 0 Å². The number of nitrogens with zero attached hydrogens (tertiary/aromatic N) is 4. The molecule has 0 aliphatic heterocycles. The van der Waals surface area contributed by atoms with Crippen LogP contribution in [0.25, 0.3) is 11.6 Å². The summed E-state index contributed by atoms with van der Waals surface area (Å²) in [6, 6.07) is 3.51. The van der Waals surface area contributed by atoms with Gasteiger partial charge >= 0.3 is 55.4 Å². The van der Waals surface area contributed by atoms with E-state index in [4.69, 9.17) is 19.1 Å². The van der Waals surface area contributed by atoms with Crippen LogP contribution in [0.1, 0.15) is 0 Å². The van der Waals surface area contributed by atoms with E-state index in [-0.39, 0.29) is 0 Å². The van der Waals surface area contributed by atoms with Crippen molar-refractivity contribution in [1.82, 2.24) is 19.9 Å². The quantitative estimate of drug-likeness (QED) is 0.504. The summed E-state index contributed by atoms with van der Waals surface area (Å²) < 4.78 is 0. The van der Waals surface area contributed by atoms with Crippen LogP contribution in [-0.4, -0.2) is 19.9 Å². The van der Waals surface area contributed by atoms with Crippen molar-refractivity contribution in [3.05, 3.63) is 36.9 Å². The Kier molecular flexibility index (Phi) is 11.6. The zero-order chi connectivity index (χ0) is 12.2. The van der Waals surface area contributed by atoms with Crippen molar-refractivity contribution in [3.63, 3.8) is 0 Å². The predicted octanol–water partition coefficient (Wildman–Crippen LogP) is 2.31. The summed E-state index contributed by atoms with van der Waals surface area (Å²) in [5.41, 5.74) is 0. The first-order chi connectivity index (χ1) is 7.97. The summed E-state index contributed by atoms with van der Waals surface area (Å²) in [5.74, 6) is 1.11. The van der Waals surface area contributed by atoms with Gasteiger partial charge in [0, 0.05) is 24.8 Å². The average molecular weight is 601 g/mol. The summed E-state index contributed by atoms with van der Waals surface area (Å²) in [6.07, 6.45) is 6.66. The summed E-state index contributed by atoms with van der Waals surface area (Å²) in [6.45, 7) is 0. The minimum atomic E-state index is 0.554. The molecule has 0 aromatic carbocycles. The van der Waals surface area contributed by atoms with Gasteiger partial charge in [0.2, 0.25) is 0 Å². The van der Waals surface area contributed by atoms with Crippen LogP contribution in [0, 0.1) is 0 Å². The van der Waals surface area contributed by atoms with E-state index in [1.165, 1.54) is 36.4 Å². The monoisotopic (exact) mass is 602 g/mol. The molecule has 0 spiro atoms. The van der Waals surface area contributed by atoms with Gasteiger partial charge in [0.05, 0.1) is 0 Å². The maximum Gasteiger partial charge on any atom is 0.197 e. The van der Waals surface area contributed by atoms with E-state index in [0.717, 1.165) is 0 Å². The van der Waals surface area contributed by atoms with Crippen molar-refractivity contribution in [1.29, 1.82) is 0 Å². The van der Waals surface area contributed by atoms with Gasteiger partial charge in [0.1, 0.15) is 0 Å². The first-order valence-electron chi connectivity index (χ1n) is 3.80. The van der Waals surface area contributed by atoms with Crippen molar-refractivity contribution >= 4 is 19.1 Å². The third-order valence-corrected chi connectivity index (χ3v) is 1.33. The van der Waals surface area contributed by atoms with Gasteiger partial charge in [-0.05, 0) is 12.1 Å². The standard InChI is InChI=1S/C8H6N4.2ClH.2Re/c1-3-9-7(10-4-1)8-11-5-2-6-12-8;;;;/h1-6H;2*1H;;/q;;;2*+1/p-2. The second-order valence-corrected chi connectivity index (χ2v) is 2.14. The van der Waals surface area contributed by atoms with Crippen LogP contribution in [0.4, 0.5) is 0 Å². The maximum absolute atomic E-state index is 4.69. The second kappa shape index (κ2) is 11.5. The molecule has 2 aromatic heterocycles. The van der Waals surface area contributed by atoms with Crippen molar-refractivity contribution in [2.24, 2.45) is 0 Å². The van der Waals surface area contributed by atoms with Crippen LogP contribution in [0.3, 0.4) is 0 Å². The third-order valence-electron chi connectivity index (χ3n) is 1.33. The molecular weight excluding hydrogens is 595 g/mol. The normalized spacial score (nSPS) is 8.00. The van der Waals surface area contributed by atoms with Crippen molar-refractivity contribution in [3.8, 4) is 11.6 Å². The fourth-order valence-electron chi connectivity index (χ4n) is 0.829. The van der Waals surface area contributed by atoms with E-state index in [9.17, 15) is 0 Å². The number of hydrogen-bond donors (Lipinski definition) is 0. The van der Waals surface area contributed by atoms with E-state index in [1.54, 1.807) is 36.9 Å². The number of rotatable bonds is 1. The first-order valence-corrected chi connectivity index (χ1v) is 10.5. The van der Waals surface area contributed by atoms with E-state index < -0.39 is 0 Å². The Bertz CT molecular complexity index is 325. The fraction of sp³-hybridized carbons (Fsp3) is 0. The Morgan fingerprint density at radius 3 is 1.12 bits per heavy atom. The molecule has 0 saturated heterocycles. The van der Waals surface area contributed by atoms with Crippen LogP contribution >= 0.6 is 19.1 Å². The molecule has 0 fully saturated rings. The molecule has 0 amide bonds. The zero-order valence-corrected chi connectivity index (χ0v) is 14.7. The summed E-state index contributed by atoms with van der Waals surface area (Å²) in [5, 5.41) is 0. The van der Waals surface area contributed by atoms with Gasteiger partial charge < -0.3 is 0 Å². The number of aromatic nitrogens is 4. The summed E-state index contributed by atoms with van der Waals surface area (Å²) in [4.78, 5) is 16.1. The molecule has 0 radical (unpaired) electrons. The maximum atomic E-state index is 4.69. The van der Waals surface area contributed by atoms with E-state index in [2.05, 4.69) is 19.9 Å². The van der Waals surface area contributed by atoms with Gasteiger partial charge in [0.15, 0.2) is 11.6 Å². The van der Waals surface area contributed by atoms with Crippen molar-refractivity contribution in [2.75, 3.05) is 0 Å². The molecule has 2 rings (SSSR count). The van der Waals surface area contributed by atoms with E-state index >= 15 is 0 Å². The van der Waals surface area contributed by atoms with Crippen LogP contribution in [-0.2, 0) is 36.4 Å². The van der Waals surface area contributed by atoms with Gasteiger partial charge in [-0.25, -0.2) is 19.9 Å². The Balaban J connectivity index is 0.000000509. The van der Waals surface area contributed by atoms with Crippen molar-refractivity contribution < 1.29 is 36.4 Å². The van der Waals surface area contributed by atoms with E-state index in [1.807, 2.05) is 0 Å². The van der Waals surface area contributed by atoms with Crippen LogP contribution in [0.2, 0.25) is 0 Å². The van der Waals surface area contributed by atoms with Crippen LogP contribution in [0.5, 0.6) is 0 Å². The molecular formula is C8H6Cl2N4Re2. The van der Waals surface area contributed by atoms with Crippen LogP contribution < -0.4 is 0 Å². The molecule has 4 nitrogen and oxygen atoms in total. The van der Waals surface area contributed by atoms with Crippen LogP contribution in [0.15, 0.2) is 36.9 Å². The molecule has 8 heteroatoms. The largest absolute Gasteiger partial charge is 0.234 e. The molecule has 0 bridgehead atoms. The second-order valence-electron chi connectivity index (χ2n) is 2.14. The first kappa shape index (κ1) is 16.1. The SMILES string of the molecule is [Cl][Re].[Cl][Re].c1cnc(-c2ncccn2)nc1. The number of halogens is 2. The summed E-state index contributed by atoms with van der Waals surface area (Å²) in [7, 11) is 9.39. The molecule has 0 unspecified atom stereocenters. The smallest absolute Gasteiger partial charge is 0.197 e. The van der Waals surface area contributed by atoms with Gasteiger partial charge in [-0.3, -0.25) is 0 Å². The van der Waals surface area contributed by atoms with Gasteiger partial charge in [-0.15, -0.1) is 0 Å². The Hall–Kier alpha value is 0.0647. The third kappa shape index (κ3) is 5.96. The molecule has 0 atom stereocenters. The molecule has 2 aromatic rings. The van der Waals surface area contributed by atoms with Gasteiger partial charge in [-0.2, -0.15) is 0 Å². The molecule has 0 saturated carbocycles. The molecule has 2 heterocycles. The molecule has 0 aliphatic carbocycles. The molecule has 16 heavy (non-hydrogen) atoms. The van der Waals surface area contributed by atoms with E-state index in [0.29, 0.717) is 11.6 Å². The fourth-order valence-corrected chi connectivity index (χ4v) is 0.829. The minimum Gasteiger partial charge on any atom is -0.234 e. The summed E-state index contributed by atoms with van der Waals surface area (Å²) >= 11 is 2.39. The van der Waals surface area contributed by atoms with Gasteiger partial charge in [0.25, 0.3) is 0 Å². The number of hydrogen-bond acceptors (Lipinski definition) is 4. The topological polar surface area (TPSA) is 51.6 Å². The zero-order valence-electron chi connectivity index (χ0n) is 7.76. The Morgan fingerprint density at radius 2 is 0.875 bits per heavy atom. The average Bonchev–Trinajstić information content (AvgIpc) is 2.45. The minimum absolute atomic E-state index is 0.554. The molecule has 0 aliphatic rings. The van der Waals surface area contributed by atoms with Gasteiger partial charge in [-0.1, -0.05) is 0 Å². The Labute approximate surface area is 123 Å². The molecule has 86 valence electrons. The predicted molar refractivity (Wildman–Crippen MR) is 54.8 cm³/mol.